The number of anilines is 1. The standard InChI is InChI=1S/C29H20Br2N2OS2/c1-19(34)27-32-33(24-7-3-2-4-8-24)29(35-27)26-10-6-5-9-25(26)28(36-29,20-11-15-22(30)16-12-20)21-13-17-23(31)18-14-21/h2-18H,1H3. The Morgan fingerprint density at radius 2 is 1.28 bits per heavy atom. The number of para-hydroxylation sites is 1. The van der Waals surface area contributed by atoms with E-state index in [-0.39, 0.29) is 5.78 Å². The Balaban J connectivity index is 1.65. The lowest BCUT2D eigenvalue weighted by Crippen LogP contribution is -2.34. The quantitative estimate of drug-likeness (QED) is 0.225. The van der Waals surface area contributed by atoms with Gasteiger partial charge in [-0.05, 0) is 53.1 Å². The van der Waals surface area contributed by atoms with E-state index in [1.165, 1.54) is 16.7 Å². The van der Waals surface area contributed by atoms with E-state index in [1.807, 2.05) is 35.0 Å². The van der Waals surface area contributed by atoms with Gasteiger partial charge in [-0.2, -0.15) is 5.10 Å². The van der Waals surface area contributed by atoms with E-state index in [0.29, 0.717) is 5.04 Å². The Hall–Kier alpha value is -2.32. The molecule has 0 saturated heterocycles. The maximum absolute atomic E-state index is 12.7. The molecule has 1 unspecified atom stereocenters. The summed E-state index contributed by atoms with van der Waals surface area (Å²) in [5, 5.41) is 7.46. The number of nitrogens with zero attached hydrogens (tertiary/aromatic N) is 2. The van der Waals surface area contributed by atoms with Crippen LogP contribution in [0.5, 0.6) is 0 Å². The highest BCUT2D eigenvalue weighted by Gasteiger charge is 2.61. The van der Waals surface area contributed by atoms with E-state index >= 15 is 0 Å². The smallest absolute Gasteiger partial charge is 0.187 e. The number of carbonyl (C=O) groups is 1. The van der Waals surface area contributed by atoms with Crippen molar-refractivity contribution in [3.63, 3.8) is 0 Å². The van der Waals surface area contributed by atoms with Gasteiger partial charge in [0.05, 0.1) is 10.4 Å². The van der Waals surface area contributed by atoms with Crippen LogP contribution in [0.3, 0.4) is 0 Å². The summed E-state index contributed by atoms with van der Waals surface area (Å²) in [6, 6.07) is 35.8. The molecule has 178 valence electrons. The maximum atomic E-state index is 12.7. The number of rotatable bonds is 4. The summed E-state index contributed by atoms with van der Waals surface area (Å²) in [5.74, 6) is -0.0272. The Morgan fingerprint density at radius 3 is 1.83 bits per heavy atom. The van der Waals surface area contributed by atoms with E-state index in [9.17, 15) is 4.79 Å². The molecule has 2 heterocycles. The van der Waals surface area contributed by atoms with Gasteiger partial charge in [0, 0.05) is 21.4 Å². The summed E-state index contributed by atoms with van der Waals surface area (Å²) in [7, 11) is 0. The molecule has 4 aromatic rings. The number of ketones is 1. The van der Waals surface area contributed by atoms with Crippen LogP contribution >= 0.6 is 55.4 Å². The van der Waals surface area contributed by atoms with Crippen LogP contribution in [0.2, 0.25) is 0 Å². The first-order chi connectivity index (χ1) is 17.4. The average molecular weight is 636 g/mol. The van der Waals surface area contributed by atoms with Crippen molar-refractivity contribution in [1.29, 1.82) is 0 Å². The summed E-state index contributed by atoms with van der Waals surface area (Å²) in [6.07, 6.45) is 0. The fraction of sp³-hybridized carbons (Fsp3) is 0.103. The molecule has 36 heavy (non-hydrogen) atoms. The van der Waals surface area contributed by atoms with E-state index in [4.69, 9.17) is 5.10 Å². The van der Waals surface area contributed by atoms with Crippen molar-refractivity contribution in [3.8, 4) is 0 Å². The first-order valence-electron chi connectivity index (χ1n) is 11.4. The molecule has 3 nitrogen and oxygen atoms in total. The van der Waals surface area contributed by atoms with Crippen molar-refractivity contribution in [1.82, 2.24) is 0 Å². The zero-order valence-electron chi connectivity index (χ0n) is 19.2. The number of hydrazone groups is 1. The van der Waals surface area contributed by atoms with Gasteiger partial charge in [-0.1, -0.05) is 122 Å². The van der Waals surface area contributed by atoms with Crippen molar-refractivity contribution < 1.29 is 4.79 Å². The normalized spacial score (nSPS) is 19.9. The molecule has 0 amide bonds. The fourth-order valence-corrected chi connectivity index (χ4v) is 8.96. The molecule has 0 saturated carbocycles. The molecular weight excluding hydrogens is 616 g/mol. The van der Waals surface area contributed by atoms with Crippen molar-refractivity contribution in [3.05, 3.63) is 134 Å². The lowest BCUT2D eigenvalue weighted by molar-refractivity contribution is -0.110. The lowest BCUT2D eigenvalue weighted by Gasteiger charge is -2.37. The second-order valence-corrected chi connectivity index (χ2v) is 13.3. The van der Waals surface area contributed by atoms with Crippen molar-refractivity contribution in [2.45, 2.75) is 15.9 Å². The summed E-state index contributed by atoms with van der Waals surface area (Å²) < 4.78 is 0.900. The molecular formula is C29H20Br2N2OS2. The second-order valence-electron chi connectivity index (χ2n) is 8.64. The predicted molar refractivity (Wildman–Crippen MR) is 159 cm³/mol. The van der Waals surface area contributed by atoms with Gasteiger partial charge in [-0.3, -0.25) is 4.79 Å². The average Bonchev–Trinajstić information content (AvgIpc) is 3.43. The van der Waals surface area contributed by atoms with Gasteiger partial charge >= 0.3 is 0 Å². The molecule has 0 fully saturated rings. The van der Waals surface area contributed by atoms with Crippen LogP contribution in [0.15, 0.2) is 117 Å². The van der Waals surface area contributed by atoms with Gasteiger partial charge in [-0.15, -0.1) is 0 Å². The number of halogens is 2. The zero-order valence-corrected chi connectivity index (χ0v) is 24.0. The van der Waals surface area contributed by atoms with Crippen molar-refractivity contribution in [2.75, 3.05) is 5.01 Å². The number of carbonyl (C=O) groups excluding carboxylic acids is 1. The summed E-state index contributed by atoms with van der Waals surface area (Å²) in [6.45, 7) is 1.59. The third-order valence-electron chi connectivity index (χ3n) is 6.45. The molecule has 2 aliphatic heterocycles. The lowest BCUT2D eigenvalue weighted by atomic mass is 9.82. The minimum atomic E-state index is -0.654. The molecule has 0 aromatic heterocycles. The van der Waals surface area contributed by atoms with Crippen LogP contribution in [0, 0.1) is 0 Å². The molecule has 4 aromatic carbocycles. The Kier molecular flexibility index (Phi) is 6.15. The van der Waals surface area contributed by atoms with Crippen LogP contribution < -0.4 is 5.01 Å². The largest absolute Gasteiger partial charge is 0.292 e. The highest BCUT2D eigenvalue weighted by Crippen LogP contribution is 2.70. The van der Waals surface area contributed by atoms with Crippen LogP contribution in [-0.4, -0.2) is 10.8 Å². The number of Topliss-reactive ketones (excluding diaryl/α,β-unsaturated/α-hetero) is 1. The summed E-state index contributed by atoms with van der Waals surface area (Å²) >= 11 is 10.6. The highest BCUT2D eigenvalue weighted by atomic mass is 79.9. The second kappa shape index (κ2) is 9.21. The third kappa shape index (κ3) is 3.71. The predicted octanol–water partition coefficient (Wildman–Crippen LogP) is 8.52. The molecule has 0 bridgehead atoms. The Labute approximate surface area is 235 Å². The molecule has 2 aliphatic rings. The SMILES string of the molecule is CC(=O)C1=NN(c2ccccc2)C2(S1)SC(c1ccc(Br)cc1)(c1ccc(Br)cc1)c1ccccc12. The van der Waals surface area contributed by atoms with Gasteiger partial charge in [0.2, 0.25) is 0 Å². The van der Waals surface area contributed by atoms with Crippen LogP contribution in [0.25, 0.3) is 0 Å². The number of hydrogen-bond acceptors (Lipinski definition) is 5. The highest BCUT2D eigenvalue weighted by molar-refractivity contribution is 9.10. The first-order valence-corrected chi connectivity index (χ1v) is 14.6. The van der Waals surface area contributed by atoms with Crippen LogP contribution in [0.4, 0.5) is 5.69 Å². The van der Waals surface area contributed by atoms with Gasteiger partial charge in [0.15, 0.2) is 15.0 Å². The third-order valence-corrected chi connectivity index (χ3v) is 10.9. The number of fused-ring (bicyclic) bond motifs is 2. The minimum Gasteiger partial charge on any atom is -0.292 e. The van der Waals surface area contributed by atoms with Gasteiger partial charge in [0.1, 0.15) is 0 Å². The first kappa shape index (κ1) is 24.0. The summed E-state index contributed by atoms with van der Waals surface area (Å²) in [4.78, 5) is 12.7. The van der Waals surface area contributed by atoms with Crippen molar-refractivity contribution >= 4 is 71.9 Å². The number of hydrogen-bond donors (Lipinski definition) is 0. The molecule has 0 radical (unpaired) electrons. The molecule has 7 heteroatoms. The molecule has 0 aliphatic carbocycles. The molecule has 6 rings (SSSR count). The Morgan fingerprint density at radius 1 is 0.750 bits per heavy atom. The van der Waals surface area contributed by atoms with Crippen molar-refractivity contribution in [2.24, 2.45) is 5.10 Å². The molecule has 0 N–H and O–H groups in total. The van der Waals surface area contributed by atoms with Crippen LogP contribution in [0.1, 0.15) is 29.2 Å². The van der Waals surface area contributed by atoms with E-state index < -0.39 is 8.95 Å². The van der Waals surface area contributed by atoms with E-state index in [2.05, 4.69) is 117 Å². The van der Waals surface area contributed by atoms with Gasteiger partial charge < -0.3 is 0 Å². The summed E-state index contributed by atoms with van der Waals surface area (Å²) in [5.41, 5.74) is 5.65. The monoisotopic (exact) mass is 634 g/mol. The minimum absolute atomic E-state index is 0.0272. The molecule has 1 atom stereocenters. The van der Waals surface area contributed by atoms with E-state index in [0.717, 1.165) is 20.2 Å². The topological polar surface area (TPSA) is 32.7 Å². The maximum Gasteiger partial charge on any atom is 0.187 e. The fourth-order valence-electron chi connectivity index (χ4n) is 4.87. The van der Waals surface area contributed by atoms with Gasteiger partial charge in [-0.25, -0.2) is 5.01 Å². The number of benzene rings is 4. The zero-order chi connectivity index (χ0) is 24.9. The van der Waals surface area contributed by atoms with Crippen LogP contribution in [-0.2, 0) is 13.7 Å². The van der Waals surface area contributed by atoms with Gasteiger partial charge in [0.25, 0.3) is 0 Å². The Bertz CT molecular complexity index is 1440. The van der Waals surface area contributed by atoms with E-state index in [1.54, 1.807) is 18.7 Å². The molecule has 1 spiro atoms. The number of thioether (sulfide) groups is 2.